The average molecular weight is 325 g/mol. The lowest BCUT2D eigenvalue weighted by molar-refractivity contribution is 0.532. The van der Waals surface area contributed by atoms with Crippen LogP contribution in [0.15, 0.2) is 33.9 Å². The smallest absolute Gasteiger partial charge is 0.273 e. The van der Waals surface area contributed by atoms with E-state index >= 15 is 0 Å². The monoisotopic (exact) mass is 324 g/mol. The molecule has 0 fully saturated rings. The Morgan fingerprint density at radius 1 is 1.42 bits per heavy atom. The van der Waals surface area contributed by atoms with Gasteiger partial charge in [0.1, 0.15) is 5.69 Å². The third-order valence-electron chi connectivity index (χ3n) is 2.82. The first kappa shape index (κ1) is 13.9. The molecule has 0 aliphatic carbocycles. The van der Waals surface area contributed by atoms with Crippen molar-refractivity contribution >= 4 is 21.6 Å². The molecule has 0 aliphatic rings. The first-order valence-electron chi connectivity index (χ1n) is 6.10. The van der Waals surface area contributed by atoms with Crippen LogP contribution in [-0.2, 0) is 13.6 Å². The van der Waals surface area contributed by atoms with Crippen LogP contribution >= 0.6 is 15.9 Å². The fourth-order valence-electron chi connectivity index (χ4n) is 1.75. The van der Waals surface area contributed by atoms with Crippen LogP contribution in [0.4, 0.5) is 5.69 Å². The van der Waals surface area contributed by atoms with Gasteiger partial charge in [-0.25, -0.2) is 0 Å². The lowest BCUT2D eigenvalue weighted by Crippen LogP contribution is -2.20. The van der Waals surface area contributed by atoms with Crippen molar-refractivity contribution in [2.45, 2.75) is 26.4 Å². The molecule has 2 heterocycles. The number of hydrogen-bond donors (Lipinski definition) is 1. The van der Waals surface area contributed by atoms with Crippen molar-refractivity contribution < 1.29 is 0 Å². The standard InChI is InChI=1S/C13H17BrN4O/c1-9(2)18-7-10(6-16-18)5-15-12-4-11(14)8-17(3)13(12)19/h4,6-9,15H,5H2,1-3H3. The van der Waals surface area contributed by atoms with Gasteiger partial charge >= 0.3 is 0 Å². The van der Waals surface area contributed by atoms with E-state index in [2.05, 4.69) is 40.2 Å². The van der Waals surface area contributed by atoms with Crippen LogP contribution < -0.4 is 10.9 Å². The van der Waals surface area contributed by atoms with Gasteiger partial charge in [-0.2, -0.15) is 5.10 Å². The molecule has 0 bridgehead atoms. The van der Waals surface area contributed by atoms with E-state index in [1.165, 1.54) is 0 Å². The molecule has 2 rings (SSSR count). The highest BCUT2D eigenvalue weighted by Crippen LogP contribution is 2.13. The minimum absolute atomic E-state index is 0.0422. The minimum atomic E-state index is -0.0422. The summed E-state index contributed by atoms with van der Waals surface area (Å²) in [5.41, 5.74) is 1.59. The van der Waals surface area contributed by atoms with E-state index in [4.69, 9.17) is 0 Å². The number of hydrogen-bond acceptors (Lipinski definition) is 3. The Morgan fingerprint density at radius 3 is 2.79 bits per heavy atom. The van der Waals surface area contributed by atoms with Gasteiger partial charge in [0, 0.05) is 42.1 Å². The maximum Gasteiger partial charge on any atom is 0.273 e. The zero-order chi connectivity index (χ0) is 14.0. The second-order valence-electron chi connectivity index (χ2n) is 4.76. The highest BCUT2D eigenvalue weighted by Gasteiger charge is 2.05. The molecule has 0 radical (unpaired) electrons. The van der Waals surface area contributed by atoms with E-state index in [-0.39, 0.29) is 5.56 Å². The Morgan fingerprint density at radius 2 is 2.16 bits per heavy atom. The number of aromatic nitrogens is 3. The molecule has 19 heavy (non-hydrogen) atoms. The maximum absolute atomic E-state index is 11.9. The van der Waals surface area contributed by atoms with Crippen LogP contribution in [0.3, 0.4) is 0 Å². The zero-order valence-corrected chi connectivity index (χ0v) is 12.8. The lowest BCUT2D eigenvalue weighted by Gasteiger charge is -2.07. The van der Waals surface area contributed by atoms with Gasteiger partial charge in [0.15, 0.2) is 0 Å². The van der Waals surface area contributed by atoms with E-state index in [9.17, 15) is 4.79 Å². The predicted octanol–water partition coefficient (Wildman–Crippen LogP) is 2.54. The van der Waals surface area contributed by atoms with Gasteiger partial charge in [-0.15, -0.1) is 0 Å². The predicted molar refractivity (Wildman–Crippen MR) is 79.3 cm³/mol. The Hall–Kier alpha value is -1.56. The van der Waals surface area contributed by atoms with Crippen molar-refractivity contribution in [1.82, 2.24) is 14.3 Å². The fourth-order valence-corrected chi connectivity index (χ4v) is 2.28. The molecule has 0 aromatic carbocycles. The van der Waals surface area contributed by atoms with Crippen LogP contribution in [0.1, 0.15) is 25.5 Å². The molecule has 0 saturated carbocycles. The number of halogens is 1. The van der Waals surface area contributed by atoms with Gasteiger partial charge in [-0.1, -0.05) is 0 Å². The molecule has 0 unspecified atom stereocenters. The molecular weight excluding hydrogens is 308 g/mol. The van der Waals surface area contributed by atoms with Crippen LogP contribution in [0.25, 0.3) is 0 Å². The molecule has 2 aromatic rings. The summed E-state index contributed by atoms with van der Waals surface area (Å²) in [6.45, 7) is 4.74. The molecule has 0 atom stereocenters. The molecule has 5 nitrogen and oxygen atoms in total. The summed E-state index contributed by atoms with van der Waals surface area (Å²) in [6.07, 6.45) is 5.54. The van der Waals surface area contributed by atoms with Crippen LogP contribution in [-0.4, -0.2) is 14.3 Å². The number of aryl methyl sites for hydroxylation is 1. The van der Waals surface area contributed by atoms with E-state index in [0.29, 0.717) is 18.3 Å². The Balaban J connectivity index is 2.12. The summed E-state index contributed by atoms with van der Waals surface area (Å²) < 4.78 is 4.31. The Labute approximate surface area is 120 Å². The van der Waals surface area contributed by atoms with Gasteiger partial charge in [-0.05, 0) is 35.8 Å². The molecule has 2 aromatic heterocycles. The second kappa shape index (κ2) is 5.61. The summed E-state index contributed by atoms with van der Waals surface area (Å²) in [6, 6.07) is 2.13. The van der Waals surface area contributed by atoms with Gasteiger partial charge < -0.3 is 9.88 Å². The van der Waals surface area contributed by atoms with E-state index in [1.807, 2.05) is 17.1 Å². The third kappa shape index (κ3) is 3.26. The van der Waals surface area contributed by atoms with Crippen LogP contribution in [0, 0.1) is 0 Å². The fraction of sp³-hybridized carbons (Fsp3) is 0.385. The van der Waals surface area contributed by atoms with Crippen molar-refractivity contribution in [1.29, 1.82) is 0 Å². The van der Waals surface area contributed by atoms with Crippen molar-refractivity contribution in [2.24, 2.45) is 7.05 Å². The molecule has 0 saturated heterocycles. The van der Waals surface area contributed by atoms with E-state index in [0.717, 1.165) is 10.0 Å². The van der Waals surface area contributed by atoms with Gasteiger partial charge in [-0.3, -0.25) is 9.48 Å². The third-order valence-corrected chi connectivity index (χ3v) is 3.25. The zero-order valence-electron chi connectivity index (χ0n) is 11.2. The molecule has 102 valence electrons. The highest BCUT2D eigenvalue weighted by molar-refractivity contribution is 9.10. The molecular formula is C13H17BrN4O. The first-order chi connectivity index (χ1) is 8.97. The summed E-state index contributed by atoms with van der Waals surface area (Å²) in [5.74, 6) is 0. The average Bonchev–Trinajstić information content (AvgIpc) is 2.81. The number of nitrogens with one attached hydrogen (secondary N) is 1. The van der Waals surface area contributed by atoms with Crippen molar-refractivity contribution in [2.75, 3.05) is 5.32 Å². The topological polar surface area (TPSA) is 51.9 Å². The SMILES string of the molecule is CC(C)n1cc(CNc2cc(Br)cn(C)c2=O)cn1. The molecule has 6 heteroatoms. The van der Waals surface area contributed by atoms with Gasteiger partial charge in [0.25, 0.3) is 5.56 Å². The van der Waals surface area contributed by atoms with Crippen LogP contribution in [0.5, 0.6) is 0 Å². The van der Waals surface area contributed by atoms with Crippen LogP contribution in [0.2, 0.25) is 0 Å². The first-order valence-corrected chi connectivity index (χ1v) is 6.89. The lowest BCUT2D eigenvalue weighted by atomic mass is 10.3. The molecule has 0 spiro atoms. The van der Waals surface area contributed by atoms with Gasteiger partial charge in [0.05, 0.1) is 6.20 Å². The number of pyridine rings is 1. The molecule has 0 amide bonds. The summed E-state index contributed by atoms with van der Waals surface area (Å²) in [7, 11) is 1.73. The molecule has 0 aliphatic heterocycles. The summed E-state index contributed by atoms with van der Waals surface area (Å²) >= 11 is 3.38. The minimum Gasteiger partial charge on any atom is -0.376 e. The van der Waals surface area contributed by atoms with Crippen molar-refractivity contribution in [3.8, 4) is 0 Å². The summed E-state index contributed by atoms with van der Waals surface area (Å²) in [4.78, 5) is 11.9. The van der Waals surface area contributed by atoms with E-state index in [1.54, 1.807) is 23.9 Å². The molecule has 1 N–H and O–H groups in total. The number of rotatable bonds is 4. The quantitative estimate of drug-likeness (QED) is 0.940. The van der Waals surface area contributed by atoms with Crippen molar-refractivity contribution in [3.63, 3.8) is 0 Å². The second-order valence-corrected chi connectivity index (χ2v) is 5.68. The largest absolute Gasteiger partial charge is 0.376 e. The number of anilines is 1. The normalized spacial score (nSPS) is 11.0. The van der Waals surface area contributed by atoms with Crippen molar-refractivity contribution in [3.05, 3.63) is 45.0 Å². The maximum atomic E-state index is 11.9. The summed E-state index contributed by atoms with van der Waals surface area (Å²) in [5, 5.41) is 7.42. The highest BCUT2D eigenvalue weighted by atomic mass is 79.9. The Bertz CT molecular complexity index is 630. The Kier molecular flexibility index (Phi) is 4.09. The number of nitrogens with zero attached hydrogens (tertiary/aromatic N) is 3. The van der Waals surface area contributed by atoms with Gasteiger partial charge in [0.2, 0.25) is 0 Å². The van der Waals surface area contributed by atoms with E-state index < -0.39 is 0 Å².